The fraction of sp³-hybridized carbons (Fsp3) is 0.267. The van der Waals surface area contributed by atoms with Gasteiger partial charge in [-0.3, -0.25) is 9.69 Å². The van der Waals surface area contributed by atoms with Crippen LogP contribution in [0.15, 0.2) is 35.7 Å². The fourth-order valence-electron chi connectivity index (χ4n) is 1.88. The molecule has 112 valence electrons. The van der Waals surface area contributed by atoms with Gasteiger partial charge in [0.2, 0.25) is 5.91 Å². The molecule has 1 N–H and O–H groups in total. The van der Waals surface area contributed by atoms with Crippen LogP contribution in [0.3, 0.4) is 0 Å². The largest absolute Gasteiger partial charge is 0.325 e. The Hall–Kier alpha value is -1.79. The Morgan fingerprint density at radius 3 is 2.71 bits per heavy atom. The van der Waals surface area contributed by atoms with Gasteiger partial charge in [-0.05, 0) is 37.6 Å². The summed E-state index contributed by atoms with van der Waals surface area (Å²) in [4.78, 5) is 15.0. The van der Waals surface area contributed by atoms with Crippen molar-refractivity contribution in [1.82, 2.24) is 4.90 Å². The number of anilines is 1. The van der Waals surface area contributed by atoms with Gasteiger partial charge in [-0.15, -0.1) is 11.3 Å². The van der Waals surface area contributed by atoms with E-state index in [1.807, 2.05) is 36.4 Å². The number of thiophene rings is 1. The van der Waals surface area contributed by atoms with Crippen LogP contribution in [0.2, 0.25) is 0 Å². The molecule has 0 aliphatic carbocycles. The Morgan fingerprint density at radius 2 is 2.10 bits per heavy atom. The van der Waals surface area contributed by atoms with Crippen LogP contribution in [0.5, 0.6) is 0 Å². The zero-order valence-electron chi connectivity index (χ0n) is 11.8. The normalized spacial score (nSPS) is 12.4. The van der Waals surface area contributed by atoms with Gasteiger partial charge >= 0.3 is 0 Å². The second-order valence-corrected chi connectivity index (χ2v) is 5.76. The summed E-state index contributed by atoms with van der Waals surface area (Å²) in [6, 6.07) is 7.38. The van der Waals surface area contributed by atoms with E-state index in [0.29, 0.717) is 0 Å². The third-order valence-electron chi connectivity index (χ3n) is 3.21. The van der Waals surface area contributed by atoms with Crippen molar-refractivity contribution in [3.05, 3.63) is 52.2 Å². The maximum absolute atomic E-state index is 13.1. The number of amides is 1. The molecule has 6 heteroatoms. The first-order valence-corrected chi connectivity index (χ1v) is 7.34. The minimum atomic E-state index is -0.979. The lowest BCUT2D eigenvalue weighted by atomic mass is 10.2. The topological polar surface area (TPSA) is 32.3 Å². The van der Waals surface area contributed by atoms with E-state index in [2.05, 4.69) is 5.32 Å². The Balaban J connectivity index is 1.93. The lowest BCUT2D eigenvalue weighted by Gasteiger charge is -2.23. The molecule has 0 bridgehead atoms. The highest BCUT2D eigenvalue weighted by atomic mass is 32.1. The highest BCUT2D eigenvalue weighted by molar-refractivity contribution is 7.10. The third kappa shape index (κ3) is 4.09. The van der Waals surface area contributed by atoms with Crippen molar-refractivity contribution in [2.24, 2.45) is 0 Å². The molecule has 0 aliphatic rings. The van der Waals surface area contributed by atoms with Gasteiger partial charge in [0.1, 0.15) is 0 Å². The zero-order valence-corrected chi connectivity index (χ0v) is 12.6. The summed E-state index contributed by atoms with van der Waals surface area (Å²) in [5, 5.41) is 4.54. The smallest absolute Gasteiger partial charge is 0.238 e. The van der Waals surface area contributed by atoms with Gasteiger partial charge in [0.15, 0.2) is 11.6 Å². The van der Waals surface area contributed by atoms with Crippen molar-refractivity contribution < 1.29 is 13.6 Å². The van der Waals surface area contributed by atoms with Crippen LogP contribution in [0.4, 0.5) is 14.5 Å². The molecule has 3 nitrogen and oxygen atoms in total. The predicted octanol–water partition coefficient (Wildman–Crippen LogP) is 3.66. The molecule has 1 heterocycles. The highest BCUT2D eigenvalue weighted by Gasteiger charge is 2.16. The second-order valence-electron chi connectivity index (χ2n) is 4.78. The van der Waals surface area contributed by atoms with Crippen LogP contribution in [0.1, 0.15) is 17.8 Å². The molecule has 0 fully saturated rings. The van der Waals surface area contributed by atoms with Gasteiger partial charge in [-0.1, -0.05) is 6.07 Å². The van der Waals surface area contributed by atoms with Crippen molar-refractivity contribution in [2.75, 3.05) is 18.9 Å². The molecule has 1 aromatic heterocycles. The molecule has 1 amide bonds. The van der Waals surface area contributed by atoms with E-state index in [-0.39, 0.29) is 24.2 Å². The molecule has 0 radical (unpaired) electrons. The number of hydrogen-bond acceptors (Lipinski definition) is 3. The van der Waals surface area contributed by atoms with Crippen LogP contribution in [0, 0.1) is 11.6 Å². The van der Waals surface area contributed by atoms with Crippen LogP contribution in [0.25, 0.3) is 0 Å². The van der Waals surface area contributed by atoms with Gasteiger partial charge in [0, 0.05) is 22.7 Å². The van der Waals surface area contributed by atoms with Gasteiger partial charge in [-0.2, -0.15) is 0 Å². The maximum atomic E-state index is 13.1. The van der Waals surface area contributed by atoms with Crippen molar-refractivity contribution >= 4 is 22.9 Å². The number of carbonyl (C=O) groups excluding carboxylic acids is 1. The Kier molecular flexibility index (Phi) is 5.03. The minimum Gasteiger partial charge on any atom is -0.325 e. The molecular formula is C15H16F2N2OS. The summed E-state index contributed by atoms with van der Waals surface area (Å²) in [7, 11) is 1.84. The predicted molar refractivity (Wildman–Crippen MR) is 80.4 cm³/mol. The van der Waals surface area contributed by atoms with Gasteiger partial charge in [0.05, 0.1) is 6.54 Å². The van der Waals surface area contributed by atoms with E-state index in [9.17, 15) is 13.6 Å². The van der Waals surface area contributed by atoms with Crippen LogP contribution >= 0.6 is 11.3 Å². The summed E-state index contributed by atoms with van der Waals surface area (Å²) in [5.74, 6) is -2.18. The third-order valence-corrected chi connectivity index (χ3v) is 4.26. The Morgan fingerprint density at radius 1 is 1.33 bits per heavy atom. The van der Waals surface area contributed by atoms with E-state index < -0.39 is 11.6 Å². The molecular weight excluding hydrogens is 294 g/mol. The molecule has 1 unspecified atom stereocenters. The molecule has 0 saturated heterocycles. The fourth-order valence-corrected chi connectivity index (χ4v) is 2.73. The summed E-state index contributed by atoms with van der Waals surface area (Å²) in [5.41, 5.74) is 0.246. The van der Waals surface area contributed by atoms with E-state index >= 15 is 0 Å². The molecule has 0 aliphatic heterocycles. The number of rotatable bonds is 5. The molecule has 2 aromatic rings. The van der Waals surface area contributed by atoms with E-state index in [4.69, 9.17) is 0 Å². The highest BCUT2D eigenvalue weighted by Crippen LogP contribution is 2.23. The lowest BCUT2D eigenvalue weighted by Crippen LogP contribution is -2.31. The van der Waals surface area contributed by atoms with E-state index in [1.54, 1.807) is 11.3 Å². The van der Waals surface area contributed by atoms with Crippen molar-refractivity contribution in [2.45, 2.75) is 13.0 Å². The average molecular weight is 310 g/mol. The van der Waals surface area contributed by atoms with Gasteiger partial charge < -0.3 is 5.32 Å². The van der Waals surface area contributed by atoms with Gasteiger partial charge in [-0.25, -0.2) is 8.78 Å². The quantitative estimate of drug-likeness (QED) is 0.914. The number of benzene rings is 1. The van der Waals surface area contributed by atoms with Crippen molar-refractivity contribution in [3.8, 4) is 0 Å². The molecule has 1 atom stereocenters. The van der Waals surface area contributed by atoms with Gasteiger partial charge in [0.25, 0.3) is 0 Å². The van der Waals surface area contributed by atoms with E-state index in [1.165, 1.54) is 6.07 Å². The SMILES string of the molecule is CC(c1cccs1)N(C)CC(=O)Nc1ccc(F)c(F)c1. The van der Waals surface area contributed by atoms with Crippen molar-refractivity contribution in [1.29, 1.82) is 0 Å². The summed E-state index contributed by atoms with van der Waals surface area (Å²) in [6.07, 6.45) is 0. The van der Waals surface area contributed by atoms with Crippen molar-refractivity contribution in [3.63, 3.8) is 0 Å². The van der Waals surface area contributed by atoms with Crippen LogP contribution in [-0.4, -0.2) is 24.4 Å². The number of halogens is 2. The summed E-state index contributed by atoms with van der Waals surface area (Å²) < 4.78 is 25.9. The first-order chi connectivity index (χ1) is 9.97. The Bertz CT molecular complexity index is 616. The maximum Gasteiger partial charge on any atom is 0.238 e. The minimum absolute atomic E-state index is 0.112. The number of nitrogens with one attached hydrogen (secondary N) is 1. The number of hydrogen-bond donors (Lipinski definition) is 1. The second kappa shape index (κ2) is 6.78. The average Bonchev–Trinajstić information content (AvgIpc) is 2.96. The Labute approximate surface area is 126 Å². The molecule has 21 heavy (non-hydrogen) atoms. The number of likely N-dealkylation sites (N-methyl/N-ethyl adjacent to an activating group) is 1. The number of carbonyl (C=O) groups is 1. The number of nitrogens with zero attached hydrogens (tertiary/aromatic N) is 1. The first-order valence-electron chi connectivity index (χ1n) is 6.46. The molecule has 2 rings (SSSR count). The van der Waals surface area contributed by atoms with Crippen LogP contribution < -0.4 is 5.32 Å². The molecule has 0 spiro atoms. The standard InChI is InChI=1S/C15H16F2N2OS/c1-10(14-4-3-7-21-14)19(2)9-15(20)18-11-5-6-12(16)13(17)8-11/h3-8,10H,9H2,1-2H3,(H,18,20). The lowest BCUT2D eigenvalue weighted by molar-refractivity contribution is -0.117. The van der Waals surface area contributed by atoms with E-state index in [0.717, 1.165) is 17.0 Å². The summed E-state index contributed by atoms with van der Waals surface area (Å²) >= 11 is 1.63. The summed E-state index contributed by atoms with van der Waals surface area (Å²) in [6.45, 7) is 2.18. The molecule has 0 saturated carbocycles. The monoisotopic (exact) mass is 310 g/mol. The first kappa shape index (κ1) is 15.6. The zero-order chi connectivity index (χ0) is 15.4. The van der Waals surface area contributed by atoms with Crippen LogP contribution in [-0.2, 0) is 4.79 Å². The molecule has 1 aromatic carbocycles.